The summed E-state index contributed by atoms with van der Waals surface area (Å²) >= 11 is 0. The van der Waals surface area contributed by atoms with Gasteiger partial charge in [-0.05, 0) is 25.0 Å². The number of hydrogen-bond donors (Lipinski definition) is 2. The molecule has 10 heteroatoms. The van der Waals surface area contributed by atoms with E-state index in [2.05, 4.69) is 19.8 Å². The maximum Gasteiger partial charge on any atom is 0.240 e. The molecular formula is C15H22ClN5O3S. The van der Waals surface area contributed by atoms with Crippen LogP contribution in [0.3, 0.4) is 0 Å². The van der Waals surface area contributed by atoms with Crippen molar-refractivity contribution in [3.05, 3.63) is 42.0 Å². The molecule has 2 aromatic rings. The largest absolute Gasteiger partial charge is 0.338 e. The SMILES string of the molecule is Cl.NCc1nc(CN2CCC(NS(=O)(=O)c3ccccc3)CC2)no1. The number of halogens is 1. The lowest BCUT2D eigenvalue weighted by Gasteiger charge is -2.31. The van der Waals surface area contributed by atoms with Crippen molar-refractivity contribution in [2.45, 2.75) is 36.9 Å². The molecule has 0 unspecified atom stereocenters. The Hall–Kier alpha value is -1.52. The minimum absolute atomic E-state index is 0. The molecule has 1 aliphatic heterocycles. The number of nitrogens with zero attached hydrogens (tertiary/aromatic N) is 3. The average molecular weight is 388 g/mol. The van der Waals surface area contributed by atoms with Gasteiger partial charge in [-0.15, -0.1) is 12.4 Å². The predicted molar refractivity (Wildman–Crippen MR) is 94.5 cm³/mol. The molecule has 25 heavy (non-hydrogen) atoms. The van der Waals surface area contributed by atoms with E-state index in [0.29, 0.717) is 23.2 Å². The molecule has 0 aliphatic carbocycles. The molecule has 1 fully saturated rings. The third kappa shape index (κ3) is 5.23. The second kappa shape index (κ2) is 8.72. The highest BCUT2D eigenvalue weighted by atomic mass is 35.5. The average Bonchev–Trinajstić information content (AvgIpc) is 3.05. The molecular weight excluding hydrogens is 366 g/mol. The van der Waals surface area contributed by atoms with E-state index in [4.69, 9.17) is 10.3 Å². The minimum Gasteiger partial charge on any atom is -0.338 e. The highest BCUT2D eigenvalue weighted by molar-refractivity contribution is 7.89. The van der Waals surface area contributed by atoms with Crippen molar-refractivity contribution in [3.63, 3.8) is 0 Å². The van der Waals surface area contributed by atoms with E-state index in [1.165, 1.54) is 0 Å². The van der Waals surface area contributed by atoms with Gasteiger partial charge < -0.3 is 10.3 Å². The Labute approximate surface area is 153 Å². The van der Waals surface area contributed by atoms with Crippen LogP contribution in [0.15, 0.2) is 39.8 Å². The van der Waals surface area contributed by atoms with Crippen molar-refractivity contribution in [2.75, 3.05) is 13.1 Å². The van der Waals surface area contributed by atoms with Crippen LogP contribution in [0.25, 0.3) is 0 Å². The normalized spacial score (nSPS) is 16.5. The summed E-state index contributed by atoms with van der Waals surface area (Å²) in [5.41, 5.74) is 5.45. The Morgan fingerprint density at radius 2 is 1.92 bits per heavy atom. The fraction of sp³-hybridized carbons (Fsp3) is 0.467. The number of nitrogens with two attached hydrogens (primary N) is 1. The molecule has 2 heterocycles. The summed E-state index contributed by atoms with van der Waals surface area (Å²) in [7, 11) is -3.46. The van der Waals surface area contributed by atoms with E-state index < -0.39 is 10.0 Å². The summed E-state index contributed by atoms with van der Waals surface area (Å²) in [5.74, 6) is 1.04. The zero-order valence-corrected chi connectivity index (χ0v) is 15.3. The quantitative estimate of drug-likeness (QED) is 0.756. The number of nitrogens with one attached hydrogen (secondary N) is 1. The lowest BCUT2D eigenvalue weighted by Crippen LogP contribution is -2.44. The highest BCUT2D eigenvalue weighted by Crippen LogP contribution is 2.16. The second-order valence-electron chi connectivity index (χ2n) is 5.79. The van der Waals surface area contributed by atoms with Gasteiger partial charge in [-0.25, -0.2) is 13.1 Å². The molecule has 1 aromatic heterocycles. The monoisotopic (exact) mass is 387 g/mol. The first-order valence-electron chi connectivity index (χ1n) is 7.88. The molecule has 8 nitrogen and oxygen atoms in total. The lowest BCUT2D eigenvalue weighted by molar-refractivity contribution is 0.193. The first kappa shape index (κ1) is 19.8. The van der Waals surface area contributed by atoms with Crippen LogP contribution in [0.4, 0.5) is 0 Å². The van der Waals surface area contributed by atoms with E-state index in [-0.39, 0.29) is 25.0 Å². The Bertz CT molecular complexity index is 760. The number of sulfonamides is 1. The van der Waals surface area contributed by atoms with E-state index >= 15 is 0 Å². The molecule has 0 saturated carbocycles. The summed E-state index contributed by atoms with van der Waals surface area (Å²) in [4.78, 5) is 6.66. The van der Waals surface area contributed by atoms with Gasteiger partial charge in [0.1, 0.15) is 0 Å². The van der Waals surface area contributed by atoms with Crippen LogP contribution in [0.1, 0.15) is 24.6 Å². The third-order valence-corrected chi connectivity index (χ3v) is 5.55. The number of hydrogen-bond acceptors (Lipinski definition) is 7. The molecule has 1 saturated heterocycles. The maximum absolute atomic E-state index is 12.3. The number of aromatic nitrogens is 2. The Morgan fingerprint density at radius 3 is 2.52 bits per heavy atom. The molecule has 138 valence electrons. The molecule has 0 bridgehead atoms. The van der Waals surface area contributed by atoms with Crippen LogP contribution in [0.2, 0.25) is 0 Å². The van der Waals surface area contributed by atoms with E-state index in [1.54, 1.807) is 30.3 Å². The van der Waals surface area contributed by atoms with Gasteiger partial charge >= 0.3 is 0 Å². The zero-order chi connectivity index (χ0) is 17.0. The summed E-state index contributed by atoms with van der Waals surface area (Å²) < 4.78 is 32.5. The summed E-state index contributed by atoms with van der Waals surface area (Å²) in [6.07, 6.45) is 1.49. The topological polar surface area (TPSA) is 114 Å². The van der Waals surface area contributed by atoms with Gasteiger partial charge in [0.2, 0.25) is 15.9 Å². The fourth-order valence-electron chi connectivity index (χ4n) is 2.73. The second-order valence-corrected chi connectivity index (χ2v) is 7.51. The van der Waals surface area contributed by atoms with Gasteiger partial charge in [-0.2, -0.15) is 4.98 Å². The van der Waals surface area contributed by atoms with Crippen molar-refractivity contribution < 1.29 is 12.9 Å². The molecule has 1 aliphatic rings. The first-order chi connectivity index (χ1) is 11.6. The van der Waals surface area contributed by atoms with E-state index in [1.807, 2.05) is 0 Å². The minimum atomic E-state index is -3.46. The first-order valence-corrected chi connectivity index (χ1v) is 9.36. The number of benzene rings is 1. The predicted octanol–water partition coefficient (Wildman–Crippen LogP) is 0.893. The van der Waals surface area contributed by atoms with Crippen molar-refractivity contribution >= 4 is 22.4 Å². The maximum atomic E-state index is 12.3. The van der Waals surface area contributed by atoms with Crippen LogP contribution >= 0.6 is 12.4 Å². The highest BCUT2D eigenvalue weighted by Gasteiger charge is 2.25. The van der Waals surface area contributed by atoms with Gasteiger partial charge in [0.05, 0.1) is 18.0 Å². The third-order valence-electron chi connectivity index (χ3n) is 4.01. The van der Waals surface area contributed by atoms with Crippen molar-refractivity contribution in [3.8, 4) is 0 Å². The summed E-state index contributed by atoms with van der Waals surface area (Å²) in [5, 5.41) is 3.88. The summed E-state index contributed by atoms with van der Waals surface area (Å²) in [6.45, 7) is 2.36. The molecule has 0 spiro atoms. The van der Waals surface area contributed by atoms with Crippen LogP contribution in [0, 0.1) is 0 Å². The fourth-order valence-corrected chi connectivity index (χ4v) is 4.06. The van der Waals surface area contributed by atoms with Crippen molar-refractivity contribution in [2.24, 2.45) is 5.73 Å². The molecule has 0 radical (unpaired) electrons. The molecule has 3 N–H and O–H groups in total. The Kier molecular flexibility index (Phi) is 6.91. The van der Waals surface area contributed by atoms with Crippen LogP contribution < -0.4 is 10.5 Å². The van der Waals surface area contributed by atoms with Crippen LogP contribution in [0.5, 0.6) is 0 Å². The van der Waals surface area contributed by atoms with Gasteiger partial charge in [0.15, 0.2) is 5.82 Å². The number of piperidine rings is 1. The zero-order valence-electron chi connectivity index (χ0n) is 13.7. The van der Waals surface area contributed by atoms with E-state index in [9.17, 15) is 8.42 Å². The van der Waals surface area contributed by atoms with Gasteiger partial charge in [0, 0.05) is 19.1 Å². The van der Waals surface area contributed by atoms with Gasteiger partial charge in [-0.3, -0.25) is 4.90 Å². The number of rotatable bonds is 6. The van der Waals surface area contributed by atoms with E-state index in [0.717, 1.165) is 25.9 Å². The Morgan fingerprint density at radius 1 is 1.24 bits per heavy atom. The smallest absolute Gasteiger partial charge is 0.240 e. The van der Waals surface area contributed by atoms with Crippen molar-refractivity contribution in [1.29, 1.82) is 0 Å². The Balaban J connectivity index is 0.00000225. The molecule has 3 rings (SSSR count). The van der Waals surface area contributed by atoms with Crippen LogP contribution in [-0.2, 0) is 23.1 Å². The number of likely N-dealkylation sites (tertiary alicyclic amines) is 1. The molecule has 1 aromatic carbocycles. The van der Waals surface area contributed by atoms with Gasteiger partial charge in [-0.1, -0.05) is 23.4 Å². The van der Waals surface area contributed by atoms with Crippen molar-refractivity contribution in [1.82, 2.24) is 19.8 Å². The standard InChI is InChI=1S/C15H21N5O3S.ClH/c16-10-15-17-14(18-23-15)11-20-8-6-12(7-9-20)19-24(21,22)13-4-2-1-3-5-13;/h1-5,12,19H,6-11,16H2;1H. The summed E-state index contributed by atoms with van der Waals surface area (Å²) in [6, 6.07) is 8.38. The molecule has 0 atom stereocenters. The van der Waals surface area contributed by atoms with Crippen LogP contribution in [-0.4, -0.2) is 42.6 Å². The van der Waals surface area contributed by atoms with Gasteiger partial charge in [0.25, 0.3) is 0 Å². The lowest BCUT2D eigenvalue weighted by atomic mass is 10.1. The molecule has 0 amide bonds.